The summed E-state index contributed by atoms with van der Waals surface area (Å²) in [7, 11) is 0. The molecule has 1 aromatic rings. The number of halogens is 1. The summed E-state index contributed by atoms with van der Waals surface area (Å²) < 4.78 is 1.19. The molecule has 0 bridgehead atoms. The molecule has 1 fully saturated rings. The van der Waals surface area contributed by atoms with Crippen LogP contribution in [0, 0.1) is 18.3 Å². The second-order valence-electron chi connectivity index (χ2n) is 5.52. The van der Waals surface area contributed by atoms with E-state index in [9.17, 15) is 0 Å². The summed E-state index contributed by atoms with van der Waals surface area (Å²) >= 11 is 3.69. The molecule has 0 unspecified atom stereocenters. The van der Waals surface area contributed by atoms with Gasteiger partial charge in [0.2, 0.25) is 0 Å². The summed E-state index contributed by atoms with van der Waals surface area (Å²) in [5.41, 5.74) is 2.63. The lowest BCUT2D eigenvalue weighted by molar-refractivity contribution is 0.286. The highest BCUT2D eigenvalue weighted by atomic mass is 79.9. The number of benzene rings is 1. The predicted molar refractivity (Wildman–Crippen MR) is 88.4 cm³/mol. The molecule has 0 heterocycles. The molecule has 1 N–H and O–H groups in total. The number of rotatable bonds is 8. The topological polar surface area (TPSA) is 15.3 Å². The van der Waals surface area contributed by atoms with Gasteiger partial charge in [0.25, 0.3) is 0 Å². The molecule has 0 atom stereocenters. The maximum atomic E-state index is 5.48. The fraction of sp³-hybridized carbons (Fsp3) is 0.529. The van der Waals surface area contributed by atoms with Crippen LogP contribution in [0.3, 0.4) is 0 Å². The molecule has 1 aliphatic rings. The van der Waals surface area contributed by atoms with Crippen LogP contribution in [0.25, 0.3) is 0 Å². The fourth-order valence-electron chi connectivity index (χ4n) is 2.32. The standard InChI is InChI=1S/C17H23BrN2/c1-3-9-20(12-14-5-6-14)13-16-8-7-15(10-17(16)18)11-19-4-2/h1,7-8,10,14,19H,4-6,9,11-13H2,2H3. The molecular formula is C17H23BrN2. The molecule has 1 aromatic carbocycles. The highest BCUT2D eigenvalue weighted by Crippen LogP contribution is 2.30. The van der Waals surface area contributed by atoms with Crippen molar-refractivity contribution in [3.8, 4) is 12.3 Å². The molecule has 1 aliphatic carbocycles. The summed E-state index contributed by atoms with van der Waals surface area (Å²) in [5.74, 6) is 3.65. The normalized spacial score (nSPS) is 14.5. The molecule has 0 saturated heterocycles. The molecule has 0 aliphatic heterocycles. The zero-order valence-corrected chi connectivity index (χ0v) is 13.7. The first-order chi connectivity index (χ1) is 9.72. The molecule has 0 radical (unpaired) electrons. The van der Waals surface area contributed by atoms with Crippen molar-refractivity contribution in [2.45, 2.75) is 32.9 Å². The fourth-order valence-corrected chi connectivity index (χ4v) is 2.87. The van der Waals surface area contributed by atoms with Crippen molar-refractivity contribution in [3.05, 3.63) is 33.8 Å². The molecule has 0 aromatic heterocycles. The third kappa shape index (κ3) is 4.94. The van der Waals surface area contributed by atoms with Gasteiger partial charge in [0.15, 0.2) is 0 Å². The van der Waals surface area contributed by atoms with E-state index in [1.807, 2.05) is 0 Å². The number of nitrogens with zero attached hydrogens (tertiary/aromatic N) is 1. The van der Waals surface area contributed by atoms with E-state index in [2.05, 4.69) is 57.2 Å². The summed E-state index contributed by atoms with van der Waals surface area (Å²) in [6.07, 6.45) is 8.21. The molecule has 0 amide bonds. The van der Waals surface area contributed by atoms with E-state index in [0.717, 1.165) is 38.6 Å². The van der Waals surface area contributed by atoms with Gasteiger partial charge in [-0.05, 0) is 42.5 Å². The number of nitrogens with one attached hydrogen (secondary N) is 1. The molecule has 1 saturated carbocycles. The molecule has 108 valence electrons. The summed E-state index contributed by atoms with van der Waals surface area (Å²) in [6.45, 7) is 6.85. The summed E-state index contributed by atoms with van der Waals surface area (Å²) in [4.78, 5) is 2.38. The van der Waals surface area contributed by atoms with Crippen LogP contribution in [0.15, 0.2) is 22.7 Å². The van der Waals surface area contributed by atoms with Crippen molar-refractivity contribution < 1.29 is 0 Å². The Balaban J connectivity index is 1.97. The number of hydrogen-bond acceptors (Lipinski definition) is 2. The van der Waals surface area contributed by atoms with Crippen LogP contribution >= 0.6 is 15.9 Å². The number of hydrogen-bond donors (Lipinski definition) is 1. The maximum Gasteiger partial charge on any atom is 0.0601 e. The Hall–Kier alpha value is -0.820. The third-order valence-electron chi connectivity index (χ3n) is 3.62. The van der Waals surface area contributed by atoms with E-state index in [-0.39, 0.29) is 0 Å². The lowest BCUT2D eigenvalue weighted by Gasteiger charge is -2.20. The van der Waals surface area contributed by atoms with E-state index in [1.54, 1.807) is 0 Å². The van der Waals surface area contributed by atoms with E-state index in [4.69, 9.17) is 6.42 Å². The second-order valence-corrected chi connectivity index (χ2v) is 6.38. The van der Waals surface area contributed by atoms with Crippen molar-refractivity contribution in [3.63, 3.8) is 0 Å². The predicted octanol–water partition coefficient (Wildman–Crippen LogP) is 3.40. The van der Waals surface area contributed by atoms with E-state index in [1.165, 1.54) is 28.4 Å². The van der Waals surface area contributed by atoms with Gasteiger partial charge in [-0.1, -0.05) is 40.9 Å². The van der Waals surface area contributed by atoms with Gasteiger partial charge in [0.05, 0.1) is 6.54 Å². The smallest absolute Gasteiger partial charge is 0.0601 e. The van der Waals surface area contributed by atoms with Crippen molar-refractivity contribution in [2.24, 2.45) is 5.92 Å². The minimum Gasteiger partial charge on any atom is -0.313 e. The molecule has 2 rings (SSSR count). The van der Waals surface area contributed by atoms with E-state index in [0.29, 0.717) is 0 Å². The maximum absolute atomic E-state index is 5.48. The Morgan fingerprint density at radius 2 is 2.25 bits per heavy atom. The van der Waals surface area contributed by atoms with Crippen LogP contribution < -0.4 is 5.32 Å². The Morgan fingerprint density at radius 3 is 2.85 bits per heavy atom. The zero-order valence-electron chi connectivity index (χ0n) is 12.2. The highest BCUT2D eigenvalue weighted by molar-refractivity contribution is 9.10. The molecule has 2 nitrogen and oxygen atoms in total. The molecule has 0 spiro atoms. The van der Waals surface area contributed by atoms with Crippen molar-refractivity contribution >= 4 is 15.9 Å². The second kappa shape index (κ2) is 7.83. The van der Waals surface area contributed by atoms with Gasteiger partial charge < -0.3 is 5.32 Å². The molecule has 3 heteroatoms. The quantitative estimate of drug-likeness (QED) is 0.733. The summed E-state index contributed by atoms with van der Waals surface area (Å²) in [6, 6.07) is 6.63. The van der Waals surface area contributed by atoms with Crippen LogP contribution in [-0.4, -0.2) is 24.5 Å². The Morgan fingerprint density at radius 1 is 1.45 bits per heavy atom. The first kappa shape index (κ1) is 15.6. The average molecular weight is 335 g/mol. The van der Waals surface area contributed by atoms with Gasteiger partial charge in [-0.3, -0.25) is 4.90 Å². The lowest BCUT2D eigenvalue weighted by atomic mass is 10.1. The van der Waals surface area contributed by atoms with Crippen molar-refractivity contribution in [1.29, 1.82) is 0 Å². The lowest BCUT2D eigenvalue weighted by Crippen LogP contribution is -2.26. The first-order valence-corrected chi connectivity index (χ1v) is 8.16. The Labute approximate surface area is 131 Å². The van der Waals surface area contributed by atoms with E-state index >= 15 is 0 Å². The van der Waals surface area contributed by atoms with Crippen molar-refractivity contribution in [1.82, 2.24) is 10.2 Å². The monoisotopic (exact) mass is 334 g/mol. The van der Waals surface area contributed by atoms with Gasteiger partial charge in [-0.15, -0.1) is 6.42 Å². The highest BCUT2D eigenvalue weighted by Gasteiger charge is 2.24. The van der Waals surface area contributed by atoms with Gasteiger partial charge >= 0.3 is 0 Å². The van der Waals surface area contributed by atoms with Crippen LogP contribution in [-0.2, 0) is 13.1 Å². The number of terminal acetylenes is 1. The summed E-state index contributed by atoms with van der Waals surface area (Å²) in [5, 5.41) is 3.35. The molecule has 20 heavy (non-hydrogen) atoms. The van der Waals surface area contributed by atoms with Crippen molar-refractivity contribution in [2.75, 3.05) is 19.6 Å². The van der Waals surface area contributed by atoms with Crippen LogP contribution in [0.2, 0.25) is 0 Å². The van der Waals surface area contributed by atoms with Crippen LogP contribution in [0.4, 0.5) is 0 Å². The zero-order chi connectivity index (χ0) is 14.4. The largest absolute Gasteiger partial charge is 0.313 e. The first-order valence-electron chi connectivity index (χ1n) is 7.36. The van der Waals surface area contributed by atoms with Gasteiger partial charge in [-0.25, -0.2) is 0 Å². The Kier molecular flexibility index (Phi) is 6.09. The SMILES string of the molecule is C#CCN(Cc1ccc(CNCC)cc1Br)CC1CC1. The average Bonchev–Trinajstić information content (AvgIpc) is 3.23. The van der Waals surface area contributed by atoms with E-state index < -0.39 is 0 Å². The van der Waals surface area contributed by atoms with Gasteiger partial charge in [-0.2, -0.15) is 0 Å². The van der Waals surface area contributed by atoms with Crippen LogP contribution in [0.5, 0.6) is 0 Å². The van der Waals surface area contributed by atoms with Crippen LogP contribution in [0.1, 0.15) is 30.9 Å². The third-order valence-corrected chi connectivity index (χ3v) is 4.36. The van der Waals surface area contributed by atoms with Gasteiger partial charge in [0.1, 0.15) is 0 Å². The Bertz CT molecular complexity index is 474. The minimum absolute atomic E-state index is 0.738. The minimum atomic E-state index is 0.738. The van der Waals surface area contributed by atoms with Gasteiger partial charge in [0, 0.05) is 24.1 Å². The molecular weight excluding hydrogens is 312 g/mol.